The van der Waals surface area contributed by atoms with Crippen molar-refractivity contribution in [3.05, 3.63) is 90.0 Å². The lowest BCUT2D eigenvalue weighted by molar-refractivity contribution is -0.137. The molecule has 0 aliphatic carbocycles. The Balaban J connectivity index is 1.90. The molecule has 456 valence electrons. The van der Waals surface area contributed by atoms with E-state index in [1.165, 1.54) is 12.5 Å². The summed E-state index contributed by atoms with van der Waals surface area (Å²) >= 11 is 4.27. The highest BCUT2D eigenvalue weighted by Gasteiger charge is 2.37. The Morgan fingerprint density at radius 1 is 0.578 bits per heavy atom. The van der Waals surface area contributed by atoms with Crippen molar-refractivity contribution in [1.29, 1.82) is 0 Å². The van der Waals surface area contributed by atoms with Crippen LogP contribution in [0, 0.1) is 11.8 Å². The normalized spacial score (nSPS) is 14.6. The standard InChI is InChI=1S/C56H85N15O11S/c1-5-33(3)46(71-53(80)43(31-83)69-48(75)38(57)27-35-17-10-7-11-18-35)54(81)66-40(23-24-44(58)72)50(77)70-47(34(4)6-2)55(82)68-42(29-37-30-61-32-64-37)52(79)67-41(28-36-19-12-8-13-20-36)51(78)65-39(21-16-26-63-56(59)60)49(76)62-25-15-9-14-22-45(73)74/h7-8,10-13,17-20,30,32-34,38-43,46-47,83H,5-6,9,14-16,21-29,31,57H2,1-4H3,(H2,58,72)(H,61,64)(H,62,76)(H,65,78)(H,66,81)(H,67,79)(H,68,82)(H,69,75)(H,70,77)(H,71,80)(H,73,74)(H4,59,60,63)/t33-,34-,38-,39-,40-,41-,42-,43-,46-,47-/m0/s1. The van der Waals surface area contributed by atoms with Crippen molar-refractivity contribution in [2.24, 2.45) is 39.8 Å². The van der Waals surface area contributed by atoms with E-state index in [0.717, 1.165) is 5.56 Å². The number of unbranched alkanes of at least 4 members (excludes halogenated alkanes) is 2. The molecule has 0 aliphatic heterocycles. The molecule has 0 saturated carbocycles. The molecule has 0 bridgehead atoms. The Bertz CT molecular complexity index is 2590. The number of imidazole rings is 1. The Morgan fingerprint density at radius 2 is 1.07 bits per heavy atom. The number of aromatic nitrogens is 2. The molecule has 1 heterocycles. The topological polar surface area (TPSA) is 432 Å². The predicted octanol–water partition coefficient (Wildman–Crippen LogP) is -0.739. The number of carboxylic acids is 1. The number of primary amides is 1. The van der Waals surface area contributed by atoms with Gasteiger partial charge in [-0.2, -0.15) is 12.6 Å². The number of guanidine groups is 1. The third-order valence-corrected chi connectivity index (χ3v) is 14.2. The zero-order valence-corrected chi connectivity index (χ0v) is 48.6. The van der Waals surface area contributed by atoms with Crippen LogP contribution in [0.15, 0.2) is 78.2 Å². The maximum Gasteiger partial charge on any atom is 0.303 e. The lowest BCUT2D eigenvalue weighted by atomic mass is 9.95. The molecule has 10 atom stereocenters. The number of thiol groups is 1. The second-order valence-electron chi connectivity index (χ2n) is 20.4. The summed E-state index contributed by atoms with van der Waals surface area (Å²) in [4.78, 5) is 147. The number of rotatable bonds is 39. The number of benzene rings is 2. The van der Waals surface area contributed by atoms with Gasteiger partial charge in [0.1, 0.15) is 42.3 Å². The molecule has 0 unspecified atom stereocenters. The fourth-order valence-electron chi connectivity index (χ4n) is 8.54. The third-order valence-electron chi connectivity index (χ3n) is 13.8. The molecule has 0 spiro atoms. The first-order valence-corrected chi connectivity index (χ1v) is 28.6. The van der Waals surface area contributed by atoms with Gasteiger partial charge in [0.25, 0.3) is 0 Å². The van der Waals surface area contributed by atoms with Gasteiger partial charge < -0.3 is 75.6 Å². The van der Waals surface area contributed by atoms with Gasteiger partial charge in [0.15, 0.2) is 5.96 Å². The first kappa shape index (κ1) is 69.2. The van der Waals surface area contributed by atoms with E-state index in [0.29, 0.717) is 43.4 Å². The quantitative estimate of drug-likeness (QED) is 0.0145. The molecule has 0 radical (unpaired) electrons. The molecular formula is C56H85N15O11S. The van der Waals surface area contributed by atoms with Gasteiger partial charge in [0, 0.05) is 56.4 Å². The molecular weight excluding hydrogens is 1090 g/mol. The van der Waals surface area contributed by atoms with Crippen LogP contribution in [0.2, 0.25) is 0 Å². The smallest absolute Gasteiger partial charge is 0.303 e. The van der Waals surface area contributed by atoms with Crippen molar-refractivity contribution >= 4 is 77.7 Å². The summed E-state index contributed by atoms with van der Waals surface area (Å²) in [5, 5.41) is 30.7. The second kappa shape index (κ2) is 37.1. The molecule has 2 aromatic carbocycles. The van der Waals surface area contributed by atoms with Gasteiger partial charge in [-0.25, -0.2) is 4.98 Å². The van der Waals surface area contributed by atoms with E-state index >= 15 is 0 Å². The first-order valence-electron chi connectivity index (χ1n) is 27.9. The van der Waals surface area contributed by atoms with Gasteiger partial charge in [-0.3, -0.25) is 52.9 Å². The van der Waals surface area contributed by atoms with Crippen molar-refractivity contribution in [3.63, 3.8) is 0 Å². The van der Waals surface area contributed by atoms with Gasteiger partial charge in [0.05, 0.1) is 12.4 Å². The molecule has 0 fully saturated rings. The molecule has 0 aliphatic rings. The molecule has 3 aromatic rings. The average Bonchev–Trinajstić information content (AvgIpc) is 4.00. The first-order chi connectivity index (χ1) is 39.6. The van der Waals surface area contributed by atoms with Gasteiger partial charge >= 0.3 is 5.97 Å². The molecule has 27 heteroatoms. The van der Waals surface area contributed by atoms with Gasteiger partial charge in [-0.05, 0) is 61.5 Å². The maximum atomic E-state index is 14.6. The van der Waals surface area contributed by atoms with Crippen molar-refractivity contribution in [3.8, 4) is 0 Å². The van der Waals surface area contributed by atoms with E-state index in [4.69, 9.17) is 28.0 Å². The number of aliphatic carboxylic acids is 1. The van der Waals surface area contributed by atoms with E-state index in [1.54, 1.807) is 70.2 Å². The number of hydrogen-bond acceptors (Lipinski definition) is 14. The number of amides is 9. The highest BCUT2D eigenvalue weighted by atomic mass is 32.1. The summed E-state index contributed by atoms with van der Waals surface area (Å²) in [5.74, 6) is -9.22. The second-order valence-corrected chi connectivity index (χ2v) is 20.8. The average molecular weight is 1180 g/mol. The molecule has 9 amide bonds. The number of carbonyl (C=O) groups is 10. The number of carboxylic acid groups (broad SMARTS) is 1. The third kappa shape index (κ3) is 25.7. The monoisotopic (exact) mass is 1180 g/mol. The van der Waals surface area contributed by atoms with Crippen LogP contribution in [0.3, 0.4) is 0 Å². The van der Waals surface area contributed by atoms with Crippen molar-refractivity contribution in [1.82, 2.24) is 52.5 Å². The van der Waals surface area contributed by atoms with Crippen molar-refractivity contribution in [2.45, 2.75) is 160 Å². The molecule has 3 rings (SSSR count). The summed E-state index contributed by atoms with van der Waals surface area (Å²) in [7, 11) is 0. The molecule has 18 N–H and O–H groups in total. The highest BCUT2D eigenvalue weighted by Crippen LogP contribution is 2.15. The lowest BCUT2D eigenvalue weighted by Gasteiger charge is -2.30. The molecule has 83 heavy (non-hydrogen) atoms. The van der Waals surface area contributed by atoms with Crippen LogP contribution in [0.4, 0.5) is 0 Å². The minimum absolute atomic E-state index is 0.0179. The largest absolute Gasteiger partial charge is 0.481 e. The van der Waals surface area contributed by atoms with Crippen LogP contribution < -0.4 is 65.5 Å². The van der Waals surface area contributed by atoms with E-state index in [-0.39, 0.29) is 76.2 Å². The van der Waals surface area contributed by atoms with Gasteiger partial charge in [-0.15, -0.1) is 0 Å². The number of hydrogen-bond donors (Lipinski definition) is 15. The van der Waals surface area contributed by atoms with Gasteiger partial charge in [0.2, 0.25) is 53.2 Å². The zero-order chi connectivity index (χ0) is 61.4. The maximum absolute atomic E-state index is 14.6. The SMILES string of the molecule is CC[C@H](C)[C@H](NC(=O)[C@H](CCC(N)=O)NC(=O)[C@@H](NC(=O)[C@H](CS)NC(=O)[C@@H](N)Cc1ccccc1)[C@@H](C)CC)C(=O)N[C@@H](Cc1cnc[nH]1)C(=O)N[C@@H](Cc1ccccc1)C(=O)N[C@@H](CCCN=C(N)N)C(=O)NCCCCCC(=O)O. The van der Waals surface area contributed by atoms with E-state index in [2.05, 4.69) is 70.1 Å². The van der Waals surface area contributed by atoms with Crippen LogP contribution in [0.5, 0.6) is 0 Å². The Kier molecular flexibility index (Phi) is 30.9. The summed E-state index contributed by atoms with van der Waals surface area (Å²) in [6.45, 7) is 7.25. The molecule has 26 nitrogen and oxygen atoms in total. The van der Waals surface area contributed by atoms with E-state index in [1.807, 2.05) is 18.2 Å². The number of nitrogens with two attached hydrogens (primary N) is 4. The summed E-state index contributed by atoms with van der Waals surface area (Å²) < 4.78 is 0. The molecule has 1 aromatic heterocycles. The number of nitrogens with zero attached hydrogens (tertiary/aromatic N) is 2. The van der Waals surface area contributed by atoms with Crippen molar-refractivity contribution in [2.75, 3.05) is 18.8 Å². The number of aromatic amines is 1. The fraction of sp³-hybridized carbons (Fsp3) is 0.536. The van der Waals surface area contributed by atoms with E-state index in [9.17, 15) is 47.9 Å². The Morgan fingerprint density at radius 3 is 1.59 bits per heavy atom. The minimum atomic E-state index is -1.49. The minimum Gasteiger partial charge on any atom is -0.481 e. The van der Waals surface area contributed by atoms with Crippen LogP contribution in [0.1, 0.15) is 109 Å². The Labute approximate surface area is 489 Å². The fourth-order valence-corrected chi connectivity index (χ4v) is 8.80. The summed E-state index contributed by atoms with van der Waals surface area (Å²) in [6, 6.07) is 7.56. The number of H-pyrrole nitrogens is 1. The number of carbonyl (C=O) groups excluding carboxylic acids is 9. The lowest BCUT2D eigenvalue weighted by Crippen LogP contribution is -2.62. The van der Waals surface area contributed by atoms with Crippen LogP contribution in [0.25, 0.3) is 0 Å². The van der Waals surface area contributed by atoms with Crippen LogP contribution >= 0.6 is 12.6 Å². The van der Waals surface area contributed by atoms with Crippen molar-refractivity contribution < 1.29 is 53.1 Å². The van der Waals surface area contributed by atoms with Crippen LogP contribution in [-0.4, -0.2) is 147 Å². The summed E-state index contributed by atoms with van der Waals surface area (Å²) in [5.41, 5.74) is 24.6. The number of aliphatic imine (C=N–C) groups is 1. The Hall–Kier alpha value is -8.07. The van der Waals surface area contributed by atoms with Gasteiger partial charge in [-0.1, -0.05) is 108 Å². The highest BCUT2D eigenvalue weighted by molar-refractivity contribution is 7.80. The number of nitrogens with one attached hydrogen (secondary N) is 9. The summed E-state index contributed by atoms with van der Waals surface area (Å²) in [6.07, 6.45) is 4.53. The zero-order valence-electron chi connectivity index (χ0n) is 47.7. The van der Waals surface area contributed by atoms with E-state index < -0.39 is 119 Å². The van der Waals surface area contributed by atoms with Crippen LogP contribution in [-0.2, 0) is 67.2 Å². The predicted molar refractivity (Wildman–Crippen MR) is 314 cm³/mol. The molecule has 0 saturated heterocycles.